The van der Waals surface area contributed by atoms with Crippen molar-refractivity contribution in [2.45, 2.75) is 82.2 Å². The monoisotopic (exact) mass is 387 g/mol. The number of hydrogen-bond donors (Lipinski definition) is 4. The van der Waals surface area contributed by atoms with Gasteiger partial charge in [0, 0.05) is 36.8 Å². The highest BCUT2D eigenvalue weighted by Crippen LogP contribution is 2.40. The number of ether oxygens (including phenoxy) is 1. The molecule has 4 aliphatic rings. The Hall–Kier alpha value is -1.64. The summed E-state index contributed by atoms with van der Waals surface area (Å²) >= 11 is 0. The van der Waals surface area contributed by atoms with Crippen LogP contribution in [0.1, 0.15) is 63.9 Å². The second kappa shape index (κ2) is 7.00. The fourth-order valence-electron chi connectivity index (χ4n) is 5.33. The smallest absolute Gasteiger partial charge is 0.200 e. The van der Waals surface area contributed by atoms with E-state index in [2.05, 4.69) is 29.8 Å². The number of rotatable bonds is 3. The molecule has 2 unspecified atom stereocenters. The summed E-state index contributed by atoms with van der Waals surface area (Å²) in [6, 6.07) is 1.41. The molecule has 1 aromatic heterocycles. The number of anilines is 1. The first kappa shape index (κ1) is 18.4. The van der Waals surface area contributed by atoms with E-state index in [1.54, 1.807) is 0 Å². The van der Waals surface area contributed by atoms with Crippen molar-refractivity contribution < 1.29 is 4.74 Å². The van der Waals surface area contributed by atoms with Gasteiger partial charge in [0.15, 0.2) is 11.7 Å². The molecule has 0 amide bonds. The van der Waals surface area contributed by atoms with E-state index < -0.39 is 5.79 Å². The van der Waals surface area contributed by atoms with Gasteiger partial charge in [-0.3, -0.25) is 5.73 Å². The van der Waals surface area contributed by atoms with Crippen molar-refractivity contribution in [3.8, 4) is 0 Å². The molecular weight excluding hydrogens is 354 g/mol. The van der Waals surface area contributed by atoms with Crippen molar-refractivity contribution in [2.75, 3.05) is 18.5 Å². The molecule has 1 aromatic rings. The molecule has 0 spiro atoms. The van der Waals surface area contributed by atoms with E-state index in [9.17, 15) is 0 Å². The fourth-order valence-corrected chi connectivity index (χ4v) is 5.33. The number of guanidine groups is 1. The van der Waals surface area contributed by atoms with Gasteiger partial charge in [-0.2, -0.15) is 5.10 Å². The van der Waals surface area contributed by atoms with Crippen LogP contribution in [0.25, 0.3) is 0 Å². The van der Waals surface area contributed by atoms with Crippen LogP contribution in [0.2, 0.25) is 0 Å². The van der Waals surface area contributed by atoms with Gasteiger partial charge in [-0.1, -0.05) is 13.8 Å². The van der Waals surface area contributed by atoms with Gasteiger partial charge in [0.2, 0.25) is 0 Å². The van der Waals surface area contributed by atoms with E-state index >= 15 is 0 Å². The molecule has 0 saturated carbocycles. The number of fused-ring (bicyclic) bond motifs is 3. The summed E-state index contributed by atoms with van der Waals surface area (Å²) in [5.74, 6) is 1.71. The normalized spacial score (nSPS) is 37.0. The molecule has 2 bridgehead atoms. The minimum Gasteiger partial charge on any atom is -0.381 e. The van der Waals surface area contributed by atoms with Crippen molar-refractivity contribution in [3.05, 3.63) is 11.8 Å². The van der Waals surface area contributed by atoms with E-state index in [0.29, 0.717) is 23.9 Å². The second-order valence-electron chi connectivity index (χ2n) is 9.22. The minimum atomic E-state index is -0.749. The molecule has 28 heavy (non-hydrogen) atoms. The SMILES string of the molecule is CC(C)c1cnn2c1NC(=NC1CCOCC1)NC2(N)C1C[C@H]2CC[C@@H](C1)N2. The van der Waals surface area contributed by atoms with Crippen LogP contribution in [0.4, 0.5) is 5.82 Å². The molecule has 154 valence electrons. The Morgan fingerprint density at radius 1 is 1.21 bits per heavy atom. The first-order chi connectivity index (χ1) is 13.5. The average Bonchev–Trinajstić information content (AvgIpc) is 3.26. The predicted molar refractivity (Wildman–Crippen MR) is 109 cm³/mol. The fraction of sp³-hybridized carbons (Fsp3) is 0.800. The van der Waals surface area contributed by atoms with Gasteiger partial charge in [-0.05, 0) is 44.4 Å². The Morgan fingerprint density at radius 3 is 2.61 bits per heavy atom. The summed E-state index contributed by atoms with van der Waals surface area (Å²) in [7, 11) is 0. The van der Waals surface area contributed by atoms with Crippen LogP contribution in [0.15, 0.2) is 11.2 Å². The third-order valence-corrected chi connectivity index (χ3v) is 6.92. The summed E-state index contributed by atoms with van der Waals surface area (Å²) in [5.41, 5.74) is 8.31. The molecule has 5 heterocycles. The zero-order valence-electron chi connectivity index (χ0n) is 16.9. The number of aromatic nitrogens is 2. The Labute approximate surface area is 166 Å². The third-order valence-electron chi connectivity index (χ3n) is 6.92. The standard InChI is InChI=1S/C20H33N7O/c1-12(2)17-11-22-27-18(17)25-19(24-14-5-7-28-8-6-14)26-20(27,21)13-9-15-3-4-16(10-13)23-15/h11-16,23H,3-10,21H2,1-2H3,(H2,24,25,26)/t13?,15-,16+,20?. The maximum Gasteiger partial charge on any atom is 0.200 e. The zero-order valence-corrected chi connectivity index (χ0v) is 16.9. The number of piperidine rings is 1. The summed E-state index contributed by atoms with van der Waals surface area (Å²) in [4.78, 5) is 5.00. The largest absolute Gasteiger partial charge is 0.381 e. The molecule has 4 atom stereocenters. The molecule has 5 rings (SSSR count). The average molecular weight is 388 g/mol. The number of nitrogens with one attached hydrogen (secondary N) is 3. The first-order valence-corrected chi connectivity index (χ1v) is 10.9. The first-order valence-electron chi connectivity index (χ1n) is 10.9. The maximum atomic E-state index is 7.12. The molecular formula is C20H33N7O. The molecule has 3 fully saturated rings. The molecule has 0 aromatic carbocycles. The Balaban J connectivity index is 1.51. The van der Waals surface area contributed by atoms with E-state index in [4.69, 9.17) is 20.6 Å². The van der Waals surface area contributed by atoms with Gasteiger partial charge in [0.25, 0.3) is 0 Å². The summed E-state index contributed by atoms with van der Waals surface area (Å²) < 4.78 is 7.48. The van der Waals surface area contributed by atoms with Crippen LogP contribution >= 0.6 is 0 Å². The molecule has 5 N–H and O–H groups in total. The summed E-state index contributed by atoms with van der Waals surface area (Å²) in [6.07, 6.45) is 8.52. The lowest BCUT2D eigenvalue weighted by Gasteiger charge is -2.46. The lowest BCUT2D eigenvalue weighted by molar-refractivity contribution is 0.0810. The summed E-state index contributed by atoms with van der Waals surface area (Å²) in [5, 5.41) is 15.5. The van der Waals surface area contributed by atoms with E-state index in [-0.39, 0.29) is 6.04 Å². The molecule has 8 heteroatoms. The van der Waals surface area contributed by atoms with Crippen LogP contribution in [0.3, 0.4) is 0 Å². The number of hydrogen-bond acceptors (Lipinski definition) is 5. The molecule has 0 aliphatic carbocycles. The van der Waals surface area contributed by atoms with Crippen molar-refractivity contribution in [3.63, 3.8) is 0 Å². The number of nitrogens with two attached hydrogens (primary N) is 1. The quantitative estimate of drug-likeness (QED) is 0.629. The number of nitrogens with zero attached hydrogens (tertiary/aromatic N) is 3. The summed E-state index contributed by atoms with van der Waals surface area (Å²) in [6.45, 7) is 5.95. The van der Waals surface area contributed by atoms with E-state index in [1.807, 2.05) is 10.9 Å². The van der Waals surface area contributed by atoms with Crippen LogP contribution in [-0.2, 0) is 10.5 Å². The van der Waals surface area contributed by atoms with Crippen molar-refractivity contribution in [1.82, 2.24) is 20.4 Å². The Morgan fingerprint density at radius 2 is 1.93 bits per heavy atom. The van der Waals surface area contributed by atoms with Crippen LogP contribution < -0.4 is 21.7 Å². The van der Waals surface area contributed by atoms with Gasteiger partial charge >= 0.3 is 0 Å². The molecule has 8 nitrogen and oxygen atoms in total. The molecule has 4 aliphatic heterocycles. The van der Waals surface area contributed by atoms with Gasteiger partial charge in [0.05, 0.1) is 12.2 Å². The predicted octanol–water partition coefficient (Wildman–Crippen LogP) is 1.66. The zero-order chi connectivity index (χ0) is 19.3. The van der Waals surface area contributed by atoms with E-state index in [0.717, 1.165) is 50.7 Å². The highest BCUT2D eigenvalue weighted by atomic mass is 16.5. The van der Waals surface area contributed by atoms with Gasteiger partial charge < -0.3 is 20.7 Å². The topological polar surface area (TPSA) is 102 Å². The second-order valence-corrected chi connectivity index (χ2v) is 9.22. The van der Waals surface area contributed by atoms with Gasteiger partial charge in [0.1, 0.15) is 5.82 Å². The van der Waals surface area contributed by atoms with Crippen LogP contribution in [0, 0.1) is 5.92 Å². The third kappa shape index (κ3) is 3.11. The Bertz CT molecular complexity index is 742. The Kier molecular flexibility index (Phi) is 4.60. The van der Waals surface area contributed by atoms with Crippen LogP contribution in [0.5, 0.6) is 0 Å². The van der Waals surface area contributed by atoms with Gasteiger partial charge in [-0.25, -0.2) is 9.67 Å². The lowest BCUT2D eigenvalue weighted by Crippen LogP contribution is -2.68. The maximum absolute atomic E-state index is 7.12. The molecule has 0 radical (unpaired) electrons. The lowest BCUT2D eigenvalue weighted by atomic mass is 9.86. The minimum absolute atomic E-state index is 0.272. The number of aliphatic imine (C=N–C) groups is 1. The van der Waals surface area contributed by atoms with Gasteiger partial charge in [-0.15, -0.1) is 0 Å². The highest BCUT2D eigenvalue weighted by Gasteiger charge is 2.48. The van der Waals surface area contributed by atoms with E-state index in [1.165, 1.54) is 18.4 Å². The highest BCUT2D eigenvalue weighted by molar-refractivity contribution is 5.95. The van der Waals surface area contributed by atoms with Crippen molar-refractivity contribution in [2.24, 2.45) is 16.6 Å². The molecule has 3 saturated heterocycles. The van der Waals surface area contributed by atoms with Crippen molar-refractivity contribution in [1.29, 1.82) is 0 Å². The van der Waals surface area contributed by atoms with Crippen molar-refractivity contribution >= 4 is 11.8 Å². The van der Waals surface area contributed by atoms with Crippen LogP contribution in [-0.4, -0.2) is 47.1 Å².